The quantitative estimate of drug-likeness (QED) is 0.697. The summed E-state index contributed by atoms with van der Waals surface area (Å²) in [6.45, 7) is 1.42. The molecule has 3 aromatic rings. The molecule has 0 saturated carbocycles. The summed E-state index contributed by atoms with van der Waals surface area (Å²) in [5, 5.41) is 2.98. The fourth-order valence-electron chi connectivity index (χ4n) is 2.42. The number of rotatable bonds is 5. The van der Waals surface area contributed by atoms with Crippen molar-refractivity contribution in [1.29, 1.82) is 0 Å². The lowest BCUT2D eigenvalue weighted by Gasteiger charge is -2.13. The highest BCUT2D eigenvalue weighted by molar-refractivity contribution is 5.97. The van der Waals surface area contributed by atoms with Crippen LogP contribution in [0.15, 0.2) is 63.8 Å². The van der Waals surface area contributed by atoms with Crippen LogP contribution in [0.1, 0.15) is 17.5 Å². The standard InChI is InChI=1S/C20H17NO6/c1-12(19(23)21-13-6-5-7-14(10-13)25-2)26-20(24)18-11-16(22)15-8-3-4-9-17(15)27-18/h3-12H,1-2H3,(H,21,23)/t12-/m0/s1. The summed E-state index contributed by atoms with van der Waals surface area (Å²) < 4.78 is 15.6. The Morgan fingerprint density at radius 2 is 1.85 bits per heavy atom. The first-order valence-corrected chi connectivity index (χ1v) is 8.16. The number of benzene rings is 2. The van der Waals surface area contributed by atoms with Gasteiger partial charge in [-0.15, -0.1) is 0 Å². The first kappa shape index (κ1) is 18.2. The molecule has 0 saturated heterocycles. The van der Waals surface area contributed by atoms with Gasteiger partial charge in [0, 0.05) is 17.8 Å². The average Bonchev–Trinajstić information content (AvgIpc) is 2.68. The highest BCUT2D eigenvalue weighted by atomic mass is 16.6. The van der Waals surface area contributed by atoms with Crippen LogP contribution in [0.3, 0.4) is 0 Å². The zero-order chi connectivity index (χ0) is 19.4. The predicted octanol–water partition coefficient (Wildman–Crippen LogP) is 2.99. The largest absolute Gasteiger partial charge is 0.497 e. The zero-order valence-corrected chi connectivity index (χ0v) is 14.7. The van der Waals surface area contributed by atoms with E-state index < -0.39 is 18.0 Å². The molecule has 1 heterocycles. The van der Waals surface area contributed by atoms with E-state index in [2.05, 4.69) is 5.32 Å². The molecule has 0 unspecified atom stereocenters. The lowest BCUT2D eigenvalue weighted by atomic mass is 10.2. The van der Waals surface area contributed by atoms with E-state index >= 15 is 0 Å². The van der Waals surface area contributed by atoms with Gasteiger partial charge in [-0.1, -0.05) is 18.2 Å². The molecule has 3 rings (SSSR count). The molecule has 1 amide bonds. The number of fused-ring (bicyclic) bond motifs is 1. The van der Waals surface area contributed by atoms with E-state index in [0.717, 1.165) is 6.07 Å². The molecule has 1 atom stereocenters. The molecule has 0 aliphatic rings. The first-order chi connectivity index (χ1) is 13.0. The van der Waals surface area contributed by atoms with Crippen molar-refractivity contribution < 1.29 is 23.5 Å². The lowest BCUT2D eigenvalue weighted by molar-refractivity contribution is -0.123. The van der Waals surface area contributed by atoms with Crippen LogP contribution in [0.4, 0.5) is 5.69 Å². The minimum Gasteiger partial charge on any atom is -0.497 e. The molecular formula is C20H17NO6. The number of carbonyl (C=O) groups is 2. The van der Waals surface area contributed by atoms with Gasteiger partial charge in [0.05, 0.1) is 12.5 Å². The molecule has 27 heavy (non-hydrogen) atoms. The van der Waals surface area contributed by atoms with Crippen LogP contribution in [0.2, 0.25) is 0 Å². The molecule has 0 radical (unpaired) electrons. The van der Waals surface area contributed by atoms with E-state index in [1.54, 1.807) is 48.5 Å². The molecular weight excluding hydrogens is 350 g/mol. The Morgan fingerprint density at radius 1 is 1.07 bits per heavy atom. The van der Waals surface area contributed by atoms with Crippen LogP contribution in [0.5, 0.6) is 5.75 Å². The second-order valence-electron chi connectivity index (χ2n) is 5.74. The van der Waals surface area contributed by atoms with E-state index in [4.69, 9.17) is 13.9 Å². The number of hydrogen-bond donors (Lipinski definition) is 1. The summed E-state index contributed by atoms with van der Waals surface area (Å²) in [6, 6.07) is 14.4. The SMILES string of the molecule is COc1cccc(NC(=O)[C@H](C)OC(=O)c2cc(=O)c3ccccc3o2)c1. The summed E-state index contributed by atoms with van der Waals surface area (Å²) in [5.74, 6) is -1.11. The number of esters is 1. The smallest absolute Gasteiger partial charge is 0.375 e. The second-order valence-corrected chi connectivity index (χ2v) is 5.74. The van der Waals surface area contributed by atoms with Crippen LogP contribution in [0, 0.1) is 0 Å². The molecule has 0 fully saturated rings. The maximum atomic E-state index is 12.3. The Labute approximate surface area is 154 Å². The van der Waals surface area contributed by atoms with Crippen molar-refractivity contribution in [1.82, 2.24) is 0 Å². The normalized spacial score (nSPS) is 11.6. The van der Waals surface area contributed by atoms with E-state index in [0.29, 0.717) is 16.8 Å². The zero-order valence-electron chi connectivity index (χ0n) is 14.7. The molecule has 0 bridgehead atoms. The summed E-state index contributed by atoms with van der Waals surface area (Å²) in [4.78, 5) is 36.6. The van der Waals surface area contributed by atoms with Crippen molar-refractivity contribution in [3.63, 3.8) is 0 Å². The third kappa shape index (κ3) is 4.14. The van der Waals surface area contributed by atoms with Gasteiger partial charge in [-0.2, -0.15) is 0 Å². The van der Waals surface area contributed by atoms with Crippen LogP contribution in [-0.4, -0.2) is 25.1 Å². The number of methoxy groups -OCH3 is 1. The number of para-hydroxylation sites is 1. The molecule has 138 valence electrons. The summed E-state index contributed by atoms with van der Waals surface area (Å²) in [7, 11) is 1.52. The van der Waals surface area contributed by atoms with Gasteiger partial charge in [0.2, 0.25) is 5.76 Å². The predicted molar refractivity (Wildman–Crippen MR) is 99.0 cm³/mol. The Kier molecular flexibility index (Phi) is 5.21. The third-order valence-corrected chi connectivity index (χ3v) is 3.83. The van der Waals surface area contributed by atoms with Gasteiger partial charge in [0.25, 0.3) is 5.91 Å². The number of ether oxygens (including phenoxy) is 2. The number of anilines is 1. The van der Waals surface area contributed by atoms with Gasteiger partial charge in [-0.05, 0) is 31.2 Å². The fourth-order valence-corrected chi connectivity index (χ4v) is 2.42. The Balaban J connectivity index is 1.71. The van der Waals surface area contributed by atoms with Gasteiger partial charge in [-0.25, -0.2) is 4.79 Å². The Morgan fingerprint density at radius 3 is 2.63 bits per heavy atom. The van der Waals surface area contributed by atoms with Gasteiger partial charge >= 0.3 is 5.97 Å². The van der Waals surface area contributed by atoms with Crippen molar-refractivity contribution >= 4 is 28.5 Å². The minimum atomic E-state index is -1.10. The molecule has 1 aromatic heterocycles. The van der Waals surface area contributed by atoms with Crippen molar-refractivity contribution in [2.75, 3.05) is 12.4 Å². The molecule has 0 aliphatic heterocycles. The number of amides is 1. The first-order valence-electron chi connectivity index (χ1n) is 8.16. The van der Waals surface area contributed by atoms with Crippen LogP contribution < -0.4 is 15.5 Å². The van der Waals surface area contributed by atoms with E-state index in [1.165, 1.54) is 14.0 Å². The van der Waals surface area contributed by atoms with Crippen molar-refractivity contribution in [3.05, 3.63) is 70.6 Å². The molecule has 2 aromatic carbocycles. The van der Waals surface area contributed by atoms with Crippen molar-refractivity contribution in [2.45, 2.75) is 13.0 Å². The molecule has 7 heteroatoms. The fraction of sp³-hybridized carbons (Fsp3) is 0.150. The van der Waals surface area contributed by atoms with Crippen LogP contribution >= 0.6 is 0 Å². The molecule has 0 spiro atoms. The van der Waals surface area contributed by atoms with Crippen LogP contribution in [-0.2, 0) is 9.53 Å². The topological polar surface area (TPSA) is 94.8 Å². The van der Waals surface area contributed by atoms with E-state index in [-0.39, 0.29) is 16.8 Å². The molecule has 0 aliphatic carbocycles. The summed E-state index contributed by atoms with van der Waals surface area (Å²) in [5.41, 5.74) is 0.405. The summed E-state index contributed by atoms with van der Waals surface area (Å²) >= 11 is 0. The molecule has 7 nitrogen and oxygen atoms in total. The lowest BCUT2D eigenvalue weighted by Crippen LogP contribution is -2.30. The van der Waals surface area contributed by atoms with Gasteiger partial charge in [-0.3, -0.25) is 9.59 Å². The van der Waals surface area contributed by atoms with E-state index in [1.807, 2.05) is 0 Å². The van der Waals surface area contributed by atoms with Crippen molar-refractivity contribution in [3.8, 4) is 5.75 Å². The highest BCUT2D eigenvalue weighted by Crippen LogP contribution is 2.17. The monoisotopic (exact) mass is 367 g/mol. The van der Waals surface area contributed by atoms with E-state index in [9.17, 15) is 14.4 Å². The molecule has 1 N–H and O–H groups in total. The van der Waals surface area contributed by atoms with Gasteiger partial charge in [0.15, 0.2) is 11.5 Å². The highest BCUT2D eigenvalue weighted by Gasteiger charge is 2.21. The minimum absolute atomic E-state index is 0.264. The van der Waals surface area contributed by atoms with Crippen LogP contribution in [0.25, 0.3) is 11.0 Å². The summed E-state index contributed by atoms with van der Waals surface area (Å²) in [6.07, 6.45) is -1.10. The number of nitrogens with one attached hydrogen (secondary N) is 1. The maximum absolute atomic E-state index is 12.3. The second kappa shape index (κ2) is 7.74. The Bertz CT molecular complexity index is 1060. The Hall–Kier alpha value is -3.61. The number of hydrogen-bond acceptors (Lipinski definition) is 6. The average molecular weight is 367 g/mol. The maximum Gasteiger partial charge on any atom is 0.375 e. The van der Waals surface area contributed by atoms with Gasteiger partial charge in [0.1, 0.15) is 11.3 Å². The number of carbonyl (C=O) groups excluding carboxylic acids is 2. The third-order valence-electron chi connectivity index (χ3n) is 3.83. The van der Waals surface area contributed by atoms with Crippen molar-refractivity contribution in [2.24, 2.45) is 0 Å². The van der Waals surface area contributed by atoms with Gasteiger partial charge < -0.3 is 19.2 Å².